The van der Waals surface area contributed by atoms with Gasteiger partial charge in [-0.2, -0.15) is 0 Å². The van der Waals surface area contributed by atoms with Crippen LogP contribution in [0.4, 0.5) is 0 Å². The first-order valence-corrected chi connectivity index (χ1v) is 13.6. The van der Waals surface area contributed by atoms with Crippen molar-refractivity contribution in [1.29, 1.82) is 0 Å². The Kier molecular flexibility index (Phi) is 9.83. The quantitative estimate of drug-likeness (QED) is 0.207. The van der Waals surface area contributed by atoms with Gasteiger partial charge in [0.25, 0.3) is 0 Å². The Balaban J connectivity index is 2.65. The average molecular weight is 583 g/mol. The fraction of sp³-hybridized carbons (Fsp3) is 0.485. The number of rotatable bonds is 6. The van der Waals surface area contributed by atoms with Gasteiger partial charge >= 0.3 is 23.9 Å². The summed E-state index contributed by atoms with van der Waals surface area (Å²) in [6.07, 6.45) is 0. The lowest BCUT2D eigenvalue weighted by Crippen LogP contribution is -2.28. The van der Waals surface area contributed by atoms with E-state index in [0.717, 1.165) is 0 Å². The van der Waals surface area contributed by atoms with Crippen LogP contribution in [0.3, 0.4) is 0 Å². The topological polar surface area (TPSA) is 122 Å². The van der Waals surface area contributed by atoms with Gasteiger partial charge in [-0.1, -0.05) is 12.1 Å². The van der Waals surface area contributed by atoms with Crippen molar-refractivity contribution in [2.24, 2.45) is 0 Å². The highest BCUT2D eigenvalue weighted by Crippen LogP contribution is 2.25. The molecule has 0 amide bonds. The molecule has 2 rings (SSSR count). The number of hydrogen-bond acceptors (Lipinski definition) is 9. The maximum absolute atomic E-state index is 13.6. The van der Waals surface area contributed by atoms with Gasteiger partial charge in [0.15, 0.2) is 5.78 Å². The second-order valence-corrected chi connectivity index (χ2v) is 13.9. The Morgan fingerprint density at radius 3 is 0.881 bits per heavy atom. The molecule has 0 spiro atoms. The summed E-state index contributed by atoms with van der Waals surface area (Å²) in [5.74, 6) is -3.70. The second-order valence-electron chi connectivity index (χ2n) is 13.9. The third-order valence-corrected chi connectivity index (χ3v) is 5.04. The van der Waals surface area contributed by atoms with E-state index in [4.69, 9.17) is 18.9 Å². The first-order chi connectivity index (χ1) is 18.9. The highest BCUT2D eigenvalue weighted by Gasteiger charge is 2.30. The van der Waals surface area contributed by atoms with E-state index in [1.165, 1.54) is 36.4 Å². The van der Waals surface area contributed by atoms with E-state index in [-0.39, 0.29) is 33.4 Å². The molecule has 0 aliphatic rings. The van der Waals surface area contributed by atoms with E-state index >= 15 is 0 Å². The monoisotopic (exact) mass is 582 g/mol. The van der Waals surface area contributed by atoms with Gasteiger partial charge in [0, 0.05) is 11.1 Å². The minimum Gasteiger partial charge on any atom is -0.456 e. The summed E-state index contributed by atoms with van der Waals surface area (Å²) >= 11 is 0. The first-order valence-electron chi connectivity index (χ1n) is 13.6. The third kappa shape index (κ3) is 10.1. The molecule has 2 aromatic rings. The highest BCUT2D eigenvalue weighted by atomic mass is 16.6. The predicted octanol–water partition coefficient (Wildman–Crippen LogP) is 6.74. The van der Waals surface area contributed by atoms with Gasteiger partial charge in [0.1, 0.15) is 22.4 Å². The molecule has 0 bridgehead atoms. The maximum Gasteiger partial charge on any atom is 0.339 e. The number of ether oxygens (including phenoxy) is 4. The Morgan fingerprint density at radius 1 is 0.405 bits per heavy atom. The zero-order chi connectivity index (χ0) is 32.4. The zero-order valence-corrected chi connectivity index (χ0v) is 26.6. The van der Waals surface area contributed by atoms with Crippen molar-refractivity contribution in [1.82, 2.24) is 0 Å². The lowest BCUT2D eigenvalue weighted by molar-refractivity contribution is 0.00185. The second kappa shape index (κ2) is 12.1. The molecule has 0 saturated carbocycles. The Bertz CT molecular complexity index is 1280. The van der Waals surface area contributed by atoms with Gasteiger partial charge in [-0.05, 0) is 107 Å². The van der Waals surface area contributed by atoms with Crippen molar-refractivity contribution in [3.63, 3.8) is 0 Å². The van der Waals surface area contributed by atoms with Crippen LogP contribution in [-0.2, 0) is 18.9 Å². The molecule has 0 heterocycles. The normalized spacial score (nSPS) is 12.3. The fourth-order valence-electron chi connectivity index (χ4n) is 3.56. The first kappa shape index (κ1) is 34.2. The van der Waals surface area contributed by atoms with Crippen molar-refractivity contribution in [2.45, 2.75) is 105 Å². The predicted molar refractivity (Wildman–Crippen MR) is 157 cm³/mol. The van der Waals surface area contributed by atoms with Crippen LogP contribution in [0.25, 0.3) is 0 Å². The van der Waals surface area contributed by atoms with E-state index in [1.54, 1.807) is 83.1 Å². The Labute approximate surface area is 247 Å². The number of hydrogen-bond donors (Lipinski definition) is 0. The van der Waals surface area contributed by atoms with Crippen molar-refractivity contribution in [2.75, 3.05) is 0 Å². The van der Waals surface area contributed by atoms with Gasteiger partial charge in [0.2, 0.25) is 0 Å². The SMILES string of the molecule is CC(C)(C)OC(=O)c1ccc(C(=O)c2ccc(C(=O)OC(C)(C)C)c(C(=O)OC(C)(C)C)c2)cc1C(=O)OC(C)(C)C. The summed E-state index contributed by atoms with van der Waals surface area (Å²) in [5, 5.41) is 0. The third-order valence-electron chi connectivity index (χ3n) is 5.04. The van der Waals surface area contributed by atoms with E-state index in [0.29, 0.717) is 0 Å². The Morgan fingerprint density at radius 2 is 0.643 bits per heavy atom. The van der Waals surface area contributed by atoms with Crippen LogP contribution >= 0.6 is 0 Å². The van der Waals surface area contributed by atoms with Crippen molar-refractivity contribution < 1.29 is 42.9 Å². The van der Waals surface area contributed by atoms with E-state index in [9.17, 15) is 24.0 Å². The van der Waals surface area contributed by atoms with Crippen molar-refractivity contribution in [3.8, 4) is 0 Å². The molecule has 42 heavy (non-hydrogen) atoms. The molecular formula is C33H42O9. The largest absolute Gasteiger partial charge is 0.456 e. The maximum atomic E-state index is 13.6. The lowest BCUT2D eigenvalue weighted by Gasteiger charge is -2.23. The number of carbonyl (C=O) groups is 5. The van der Waals surface area contributed by atoms with Gasteiger partial charge < -0.3 is 18.9 Å². The van der Waals surface area contributed by atoms with Gasteiger partial charge in [-0.25, -0.2) is 19.2 Å². The molecule has 0 aliphatic carbocycles. The highest BCUT2D eigenvalue weighted by molar-refractivity contribution is 6.13. The molecule has 0 radical (unpaired) electrons. The molecule has 0 aromatic heterocycles. The van der Waals surface area contributed by atoms with Crippen molar-refractivity contribution in [3.05, 3.63) is 69.8 Å². The van der Waals surface area contributed by atoms with Crippen LogP contribution in [0, 0.1) is 0 Å². The molecular weight excluding hydrogens is 540 g/mol. The van der Waals surface area contributed by atoms with Crippen LogP contribution in [0.2, 0.25) is 0 Å². The molecule has 2 aromatic carbocycles. The number of esters is 4. The summed E-state index contributed by atoms with van der Waals surface area (Å²) in [4.78, 5) is 65.7. The van der Waals surface area contributed by atoms with E-state index < -0.39 is 52.1 Å². The van der Waals surface area contributed by atoms with E-state index in [1.807, 2.05) is 0 Å². The summed E-state index contributed by atoms with van der Waals surface area (Å²) in [6.45, 7) is 20.2. The average Bonchev–Trinajstić information content (AvgIpc) is 2.78. The molecule has 0 N–H and O–H groups in total. The molecule has 0 saturated heterocycles. The van der Waals surface area contributed by atoms with Crippen LogP contribution in [0.5, 0.6) is 0 Å². The fourth-order valence-corrected chi connectivity index (χ4v) is 3.56. The van der Waals surface area contributed by atoms with Crippen molar-refractivity contribution >= 4 is 29.7 Å². The summed E-state index contributed by atoms with van der Waals surface area (Å²) in [7, 11) is 0. The molecule has 9 heteroatoms. The van der Waals surface area contributed by atoms with Crippen LogP contribution in [0.1, 0.15) is 140 Å². The van der Waals surface area contributed by atoms with Gasteiger partial charge in [-0.3, -0.25) is 4.79 Å². The summed E-state index contributed by atoms with van der Waals surface area (Å²) in [5.41, 5.74) is -3.74. The zero-order valence-electron chi connectivity index (χ0n) is 26.6. The minimum absolute atomic E-state index is 0.0447. The molecule has 0 atom stereocenters. The standard InChI is InChI=1S/C33H42O9/c1-30(2,3)39-26(35)21-15-13-19(17-23(21)28(37)41-32(7,8)9)25(34)20-14-16-22(27(36)40-31(4,5)6)24(18-20)29(38)42-33(10,11)12/h13-18H,1-12H3. The van der Waals surface area contributed by atoms with Crippen LogP contribution < -0.4 is 0 Å². The molecule has 9 nitrogen and oxygen atoms in total. The number of benzene rings is 2. The number of carbonyl (C=O) groups excluding carboxylic acids is 5. The molecule has 0 aliphatic heterocycles. The summed E-state index contributed by atoms with van der Waals surface area (Å²) < 4.78 is 21.9. The van der Waals surface area contributed by atoms with Crippen LogP contribution in [0.15, 0.2) is 36.4 Å². The Hall–Kier alpha value is -4.01. The molecule has 228 valence electrons. The smallest absolute Gasteiger partial charge is 0.339 e. The molecule has 0 unspecified atom stereocenters. The number of ketones is 1. The minimum atomic E-state index is -0.873. The van der Waals surface area contributed by atoms with Gasteiger partial charge in [-0.15, -0.1) is 0 Å². The lowest BCUT2D eigenvalue weighted by atomic mass is 9.95. The molecule has 0 fully saturated rings. The summed E-state index contributed by atoms with van der Waals surface area (Å²) in [6, 6.07) is 7.92. The van der Waals surface area contributed by atoms with Crippen LogP contribution in [-0.4, -0.2) is 52.1 Å². The van der Waals surface area contributed by atoms with E-state index in [2.05, 4.69) is 0 Å². The van der Waals surface area contributed by atoms with Gasteiger partial charge in [0.05, 0.1) is 22.3 Å².